The molecule has 0 aliphatic carbocycles. The van der Waals surface area contributed by atoms with Gasteiger partial charge in [0.15, 0.2) is 0 Å². The Morgan fingerprint density at radius 3 is 2.47 bits per heavy atom. The Hall–Kier alpha value is -3.65. The van der Waals surface area contributed by atoms with Crippen LogP contribution in [0.3, 0.4) is 0 Å². The van der Waals surface area contributed by atoms with E-state index in [2.05, 4.69) is 36.2 Å². The lowest BCUT2D eigenvalue weighted by molar-refractivity contribution is 0.208. The summed E-state index contributed by atoms with van der Waals surface area (Å²) in [5.74, 6) is 2.50. The van der Waals surface area contributed by atoms with E-state index in [0.717, 1.165) is 21.9 Å². The van der Waals surface area contributed by atoms with Gasteiger partial charge in [-0.25, -0.2) is 14.8 Å². The molecule has 1 fully saturated rings. The first-order valence-electron chi connectivity index (χ1n) is 12.4. The molecule has 0 atom stereocenters. The van der Waals surface area contributed by atoms with Gasteiger partial charge in [-0.1, -0.05) is 42.5 Å². The SMILES string of the molecule is CCOc1ccccc1NC(=O)N1CCN(c2nc(Cc3ccccc3)nc3sc(C)c(C)c23)CC1. The third-order valence-electron chi connectivity index (χ3n) is 6.56. The number of aromatic nitrogens is 2. The second-order valence-electron chi connectivity index (χ2n) is 8.92. The highest BCUT2D eigenvalue weighted by Gasteiger charge is 2.26. The Labute approximate surface area is 215 Å². The van der Waals surface area contributed by atoms with Crippen LogP contribution in [0.5, 0.6) is 5.75 Å². The van der Waals surface area contributed by atoms with E-state index in [1.807, 2.05) is 54.3 Å². The standard InChI is InChI=1S/C28H31N5O2S/c1-4-35-23-13-9-8-12-22(23)29-28(34)33-16-14-32(15-17-33)26-25-19(2)20(3)36-27(25)31-24(30-26)18-21-10-6-5-7-11-21/h5-13H,4,14-18H2,1-3H3,(H,29,34). The number of hydrogen-bond acceptors (Lipinski definition) is 6. The number of anilines is 2. The van der Waals surface area contributed by atoms with E-state index in [4.69, 9.17) is 14.7 Å². The van der Waals surface area contributed by atoms with Crippen LogP contribution in [0.4, 0.5) is 16.3 Å². The van der Waals surface area contributed by atoms with Gasteiger partial charge in [-0.2, -0.15) is 0 Å². The van der Waals surface area contributed by atoms with Gasteiger partial charge >= 0.3 is 6.03 Å². The molecule has 2 aromatic carbocycles. The second kappa shape index (κ2) is 10.5. The molecule has 186 valence electrons. The molecule has 0 bridgehead atoms. The molecular formula is C28H31N5O2S. The van der Waals surface area contributed by atoms with Crippen LogP contribution in [0, 0.1) is 13.8 Å². The normalized spacial score (nSPS) is 13.8. The third kappa shape index (κ3) is 4.99. The zero-order valence-electron chi connectivity index (χ0n) is 21.0. The molecule has 0 radical (unpaired) electrons. The quantitative estimate of drug-likeness (QED) is 0.370. The van der Waals surface area contributed by atoms with Crippen molar-refractivity contribution in [3.63, 3.8) is 0 Å². The second-order valence-corrected chi connectivity index (χ2v) is 10.1. The van der Waals surface area contributed by atoms with Crippen molar-refractivity contribution >= 4 is 39.1 Å². The maximum absolute atomic E-state index is 13.0. The molecule has 36 heavy (non-hydrogen) atoms. The number of benzene rings is 2. The Morgan fingerprint density at radius 2 is 1.72 bits per heavy atom. The monoisotopic (exact) mass is 501 g/mol. The summed E-state index contributed by atoms with van der Waals surface area (Å²) in [6.45, 7) is 9.44. The minimum atomic E-state index is -0.109. The summed E-state index contributed by atoms with van der Waals surface area (Å²) in [6.07, 6.45) is 0.696. The van der Waals surface area contributed by atoms with Crippen LogP contribution in [-0.4, -0.2) is 53.7 Å². The van der Waals surface area contributed by atoms with E-state index < -0.39 is 0 Å². The largest absolute Gasteiger partial charge is 0.492 e. The van der Waals surface area contributed by atoms with Crippen molar-refractivity contribution in [1.29, 1.82) is 0 Å². The summed E-state index contributed by atoms with van der Waals surface area (Å²) in [7, 11) is 0. The highest BCUT2D eigenvalue weighted by molar-refractivity contribution is 7.18. The van der Waals surface area contributed by atoms with E-state index in [9.17, 15) is 4.79 Å². The van der Waals surface area contributed by atoms with Crippen LogP contribution in [0.2, 0.25) is 0 Å². The van der Waals surface area contributed by atoms with Gasteiger partial charge in [0.2, 0.25) is 0 Å². The van der Waals surface area contributed by atoms with Crippen LogP contribution < -0.4 is 15.0 Å². The van der Waals surface area contributed by atoms with Gasteiger partial charge in [0.25, 0.3) is 0 Å². The van der Waals surface area contributed by atoms with Gasteiger partial charge in [-0.3, -0.25) is 0 Å². The summed E-state index contributed by atoms with van der Waals surface area (Å²) in [5.41, 5.74) is 3.13. The number of thiophene rings is 1. The first-order chi connectivity index (χ1) is 17.5. The number of aryl methyl sites for hydroxylation is 2. The fourth-order valence-corrected chi connectivity index (χ4v) is 5.57. The van der Waals surface area contributed by atoms with Crippen molar-refractivity contribution < 1.29 is 9.53 Å². The maximum Gasteiger partial charge on any atom is 0.322 e. The smallest absolute Gasteiger partial charge is 0.322 e. The number of ether oxygens (including phenoxy) is 1. The van der Waals surface area contributed by atoms with Gasteiger partial charge in [0.05, 0.1) is 17.7 Å². The molecule has 5 rings (SSSR count). The lowest BCUT2D eigenvalue weighted by Gasteiger charge is -2.36. The maximum atomic E-state index is 13.0. The zero-order chi connectivity index (χ0) is 25.1. The van der Waals surface area contributed by atoms with E-state index in [0.29, 0.717) is 50.6 Å². The first-order valence-corrected chi connectivity index (χ1v) is 13.2. The number of carbonyl (C=O) groups is 1. The molecule has 1 aliphatic heterocycles. The molecule has 2 amide bonds. The molecule has 8 heteroatoms. The highest BCUT2D eigenvalue weighted by atomic mass is 32.1. The van der Waals surface area contributed by atoms with E-state index in [1.165, 1.54) is 16.0 Å². The number of urea groups is 1. The van der Waals surface area contributed by atoms with Gasteiger partial charge < -0.3 is 19.9 Å². The molecule has 1 N–H and O–H groups in total. The number of hydrogen-bond donors (Lipinski definition) is 1. The lowest BCUT2D eigenvalue weighted by atomic mass is 10.1. The summed E-state index contributed by atoms with van der Waals surface area (Å²) in [5, 5.41) is 4.15. The number of carbonyl (C=O) groups excluding carboxylic acids is 1. The van der Waals surface area contributed by atoms with Crippen molar-refractivity contribution in [2.75, 3.05) is 43.0 Å². The number of fused-ring (bicyclic) bond motifs is 1. The number of rotatable bonds is 6. The summed E-state index contributed by atoms with van der Waals surface area (Å²) in [6, 6.07) is 17.8. The van der Waals surface area contributed by atoms with Crippen LogP contribution in [0.15, 0.2) is 54.6 Å². The topological polar surface area (TPSA) is 70.6 Å². The van der Waals surface area contributed by atoms with Crippen LogP contribution in [0.25, 0.3) is 10.2 Å². The summed E-state index contributed by atoms with van der Waals surface area (Å²) >= 11 is 1.73. The Balaban J connectivity index is 1.34. The van der Waals surface area contributed by atoms with E-state index in [1.54, 1.807) is 11.3 Å². The number of para-hydroxylation sites is 2. The van der Waals surface area contributed by atoms with Crippen LogP contribution >= 0.6 is 11.3 Å². The molecule has 0 unspecified atom stereocenters. The molecule has 2 aromatic heterocycles. The van der Waals surface area contributed by atoms with E-state index >= 15 is 0 Å². The van der Waals surface area contributed by atoms with Gasteiger partial charge in [0.1, 0.15) is 22.2 Å². The van der Waals surface area contributed by atoms with Crippen LogP contribution in [0.1, 0.15) is 28.8 Å². The highest BCUT2D eigenvalue weighted by Crippen LogP contribution is 2.35. The number of nitrogens with one attached hydrogen (secondary N) is 1. The van der Waals surface area contributed by atoms with Gasteiger partial charge in [-0.05, 0) is 44.0 Å². The average molecular weight is 502 g/mol. The Morgan fingerprint density at radius 1 is 1.00 bits per heavy atom. The molecule has 4 aromatic rings. The Bertz CT molecular complexity index is 1360. The molecule has 1 saturated heterocycles. The van der Waals surface area contributed by atoms with E-state index in [-0.39, 0.29) is 6.03 Å². The molecule has 1 aliphatic rings. The third-order valence-corrected chi connectivity index (χ3v) is 7.66. The predicted octanol–water partition coefficient (Wildman–Crippen LogP) is 5.65. The van der Waals surface area contributed by atoms with Crippen molar-refractivity contribution in [3.05, 3.63) is 76.4 Å². The van der Waals surface area contributed by atoms with Gasteiger partial charge in [-0.15, -0.1) is 11.3 Å². The Kier molecular flexibility index (Phi) is 7.04. The van der Waals surface area contributed by atoms with Gasteiger partial charge in [0, 0.05) is 37.5 Å². The zero-order valence-corrected chi connectivity index (χ0v) is 21.8. The minimum Gasteiger partial charge on any atom is -0.492 e. The lowest BCUT2D eigenvalue weighted by Crippen LogP contribution is -2.50. The molecule has 7 nitrogen and oxygen atoms in total. The van der Waals surface area contributed by atoms with Crippen molar-refractivity contribution in [1.82, 2.24) is 14.9 Å². The predicted molar refractivity (Wildman–Crippen MR) is 147 cm³/mol. The number of amides is 2. The number of nitrogens with zero attached hydrogens (tertiary/aromatic N) is 4. The summed E-state index contributed by atoms with van der Waals surface area (Å²) in [4.78, 5) is 29.4. The molecular weight excluding hydrogens is 470 g/mol. The molecule has 0 saturated carbocycles. The number of piperazine rings is 1. The molecule has 3 heterocycles. The van der Waals surface area contributed by atoms with Crippen molar-refractivity contribution in [2.24, 2.45) is 0 Å². The first kappa shape index (κ1) is 24.1. The van der Waals surface area contributed by atoms with Crippen LogP contribution in [-0.2, 0) is 6.42 Å². The van der Waals surface area contributed by atoms with Crippen molar-refractivity contribution in [2.45, 2.75) is 27.2 Å². The molecule has 0 spiro atoms. The fourth-order valence-electron chi connectivity index (χ4n) is 4.52. The minimum absolute atomic E-state index is 0.109. The fraction of sp³-hybridized carbons (Fsp3) is 0.321. The summed E-state index contributed by atoms with van der Waals surface area (Å²) < 4.78 is 5.65. The average Bonchev–Trinajstić information content (AvgIpc) is 3.18. The van der Waals surface area contributed by atoms with Crippen molar-refractivity contribution in [3.8, 4) is 5.75 Å².